The van der Waals surface area contributed by atoms with Crippen LogP contribution in [0.5, 0.6) is 0 Å². The van der Waals surface area contributed by atoms with E-state index in [9.17, 15) is 18.0 Å². The third-order valence-electron chi connectivity index (χ3n) is 2.48. The van der Waals surface area contributed by atoms with Gasteiger partial charge >= 0.3 is 5.97 Å². The summed E-state index contributed by atoms with van der Waals surface area (Å²) in [6.07, 6.45) is 1.17. The Balaban J connectivity index is 5.08. The molecule has 0 saturated heterocycles. The molecule has 1 amide bonds. The third-order valence-corrected chi connectivity index (χ3v) is 3.15. The lowest BCUT2D eigenvalue weighted by atomic mass is 9.86. The Kier molecular flexibility index (Phi) is 5.95. The largest absolute Gasteiger partial charge is 0.480 e. The molecule has 0 heterocycles. The lowest BCUT2D eigenvalue weighted by molar-refractivity contribution is -0.142. The first-order valence-electron chi connectivity index (χ1n) is 5.89. The summed E-state index contributed by atoms with van der Waals surface area (Å²) in [5, 5.41) is 11.2. The number of nitrogens with one attached hydrogen (secondary N) is 2. The summed E-state index contributed by atoms with van der Waals surface area (Å²) >= 11 is 0. The van der Waals surface area contributed by atoms with E-state index in [1.807, 2.05) is 0 Å². The summed E-state index contributed by atoms with van der Waals surface area (Å²) in [6.45, 7) is 6.70. The summed E-state index contributed by atoms with van der Waals surface area (Å²) in [7, 11) is -3.57. The van der Waals surface area contributed by atoms with Crippen molar-refractivity contribution >= 4 is 21.9 Å². The lowest BCUT2D eigenvalue weighted by Gasteiger charge is -2.30. The molecule has 2 atom stereocenters. The normalized spacial score (nSPS) is 15.6. The molecule has 0 rings (SSSR count). The van der Waals surface area contributed by atoms with Crippen molar-refractivity contribution in [3.05, 3.63) is 0 Å². The summed E-state index contributed by atoms with van der Waals surface area (Å²) in [5.41, 5.74) is -0.677. The standard InChI is InChI=1S/C11H22N2O5S/c1-6-7(10(15)16)12-9(14)8(11(2,3)4)13-19(5,17)18/h7-8,13H,6H2,1-5H3,(H,12,14)(H,15,16). The molecular weight excluding hydrogens is 272 g/mol. The molecule has 0 spiro atoms. The smallest absolute Gasteiger partial charge is 0.326 e. The van der Waals surface area contributed by atoms with Crippen LogP contribution >= 0.6 is 0 Å². The Morgan fingerprint density at radius 3 is 2.00 bits per heavy atom. The molecule has 0 radical (unpaired) electrons. The minimum absolute atomic E-state index is 0.219. The van der Waals surface area contributed by atoms with E-state index in [1.165, 1.54) is 0 Å². The van der Waals surface area contributed by atoms with Gasteiger partial charge in [-0.25, -0.2) is 17.9 Å². The number of amides is 1. The number of hydrogen-bond donors (Lipinski definition) is 3. The van der Waals surface area contributed by atoms with Crippen LogP contribution < -0.4 is 10.0 Å². The van der Waals surface area contributed by atoms with E-state index in [1.54, 1.807) is 27.7 Å². The van der Waals surface area contributed by atoms with Crippen LogP contribution in [0.1, 0.15) is 34.1 Å². The van der Waals surface area contributed by atoms with Crippen LogP contribution in [-0.4, -0.2) is 43.7 Å². The van der Waals surface area contributed by atoms with Crippen molar-refractivity contribution < 1.29 is 23.1 Å². The molecule has 2 unspecified atom stereocenters. The van der Waals surface area contributed by atoms with Gasteiger partial charge in [-0.3, -0.25) is 4.79 Å². The zero-order chi connectivity index (χ0) is 15.4. The second kappa shape index (κ2) is 6.33. The molecule has 0 saturated carbocycles. The summed E-state index contributed by atoms with van der Waals surface area (Å²) < 4.78 is 24.8. The van der Waals surface area contributed by atoms with Gasteiger partial charge < -0.3 is 10.4 Å². The van der Waals surface area contributed by atoms with Gasteiger partial charge in [0.1, 0.15) is 12.1 Å². The zero-order valence-corrected chi connectivity index (χ0v) is 12.7. The highest BCUT2D eigenvalue weighted by atomic mass is 32.2. The van der Waals surface area contributed by atoms with Crippen molar-refractivity contribution in [2.45, 2.75) is 46.2 Å². The van der Waals surface area contributed by atoms with Crippen LogP contribution in [0.3, 0.4) is 0 Å². The van der Waals surface area contributed by atoms with Gasteiger partial charge in [0.25, 0.3) is 0 Å². The number of hydrogen-bond acceptors (Lipinski definition) is 4. The first-order chi connectivity index (χ1) is 8.38. The third kappa shape index (κ3) is 6.53. The molecule has 7 nitrogen and oxygen atoms in total. The Hall–Kier alpha value is -1.15. The van der Waals surface area contributed by atoms with Crippen molar-refractivity contribution in [1.82, 2.24) is 10.0 Å². The van der Waals surface area contributed by atoms with E-state index < -0.39 is 39.4 Å². The van der Waals surface area contributed by atoms with Gasteiger partial charge in [0, 0.05) is 0 Å². The highest BCUT2D eigenvalue weighted by molar-refractivity contribution is 7.88. The molecular formula is C11H22N2O5S. The minimum atomic E-state index is -3.57. The topological polar surface area (TPSA) is 113 Å². The van der Waals surface area contributed by atoms with Gasteiger partial charge in [0.05, 0.1) is 6.26 Å². The Labute approximate surface area is 113 Å². The van der Waals surface area contributed by atoms with Gasteiger partial charge in [-0.2, -0.15) is 0 Å². The average molecular weight is 294 g/mol. The summed E-state index contributed by atoms with van der Waals surface area (Å²) in [4.78, 5) is 22.9. The Morgan fingerprint density at radius 2 is 1.74 bits per heavy atom. The minimum Gasteiger partial charge on any atom is -0.480 e. The summed E-state index contributed by atoms with van der Waals surface area (Å²) in [5.74, 6) is -1.80. The van der Waals surface area contributed by atoms with Crippen molar-refractivity contribution in [3.8, 4) is 0 Å². The van der Waals surface area contributed by atoms with Crippen molar-refractivity contribution in [3.63, 3.8) is 0 Å². The van der Waals surface area contributed by atoms with Gasteiger partial charge in [-0.1, -0.05) is 27.7 Å². The second-order valence-electron chi connectivity index (χ2n) is 5.50. The second-order valence-corrected chi connectivity index (χ2v) is 7.28. The van der Waals surface area contributed by atoms with Crippen molar-refractivity contribution in [2.24, 2.45) is 5.41 Å². The lowest BCUT2D eigenvalue weighted by Crippen LogP contribution is -2.56. The van der Waals surface area contributed by atoms with E-state index in [4.69, 9.17) is 5.11 Å². The fourth-order valence-electron chi connectivity index (χ4n) is 1.43. The van der Waals surface area contributed by atoms with Gasteiger partial charge in [-0.15, -0.1) is 0 Å². The monoisotopic (exact) mass is 294 g/mol. The SMILES string of the molecule is CCC(NC(=O)C(NS(C)(=O)=O)C(C)(C)C)C(=O)O. The quantitative estimate of drug-likeness (QED) is 0.634. The predicted molar refractivity (Wildman–Crippen MR) is 71.1 cm³/mol. The fourth-order valence-corrected chi connectivity index (χ4v) is 2.32. The van der Waals surface area contributed by atoms with E-state index in [2.05, 4.69) is 10.0 Å². The molecule has 0 aliphatic carbocycles. The van der Waals surface area contributed by atoms with Crippen LogP contribution in [0.15, 0.2) is 0 Å². The fraction of sp³-hybridized carbons (Fsp3) is 0.818. The first kappa shape index (κ1) is 17.8. The van der Waals surface area contributed by atoms with Crippen molar-refractivity contribution in [2.75, 3.05) is 6.26 Å². The van der Waals surface area contributed by atoms with Crippen LogP contribution in [0.4, 0.5) is 0 Å². The van der Waals surface area contributed by atoms with Gasteiger partial charge in [-0.05, 0) is 11.8 Å². The highest BCUT2D eigenvalue weighted by Crippen LogP contribution is 2.20. The molecule has 0 bridgehead atoms. The molecule has 0 aromatic carbocycles. The van der Waals surface area contributed by atoms with Gasteiger partial charge in [0.15, 0.2) is 0 Å². The maximum absolute atomic E-state index is 12.0. The summed E-state index contributed by atoms with van der Waals surface area (Å²) in [6, 6.07) is -2.06. The molecule has 3 N–H and O–H groups in total. The maximum atomic E-state index is 12.0. The van der Waals surface area contributed by atoms with E-state index >= 15 is 0 Å². The predicted octanol–water partition coefficient (Wildman–Crippen LogP) is -0.0703. The number of sulfonamides is 1. The molecule has 0 aromatic heterocycles. The molecule has 19 heavy (non-hydrogen) atoms. The Morgan fingerprint density at radius 1 is 1.26 bits per heavy atom. The first-order valence-corrected chi connectivity index (χ1v) is 7.78. The molecule has 0 aliphatic rings. The number of rotatable bonds is 6. The molecule has 0 aliphatic heterocycles. The molecule has 0 aromatic rings. The van der Waals surface area contributed by atoms with Crippen LogP contribution in [0.2, 0.25) is 0 Å². The number of aliphatic carboxylic acids is 1. The van der Waals surface area contributed by atoms with Crippen LogP contribution in [0.25, 0.3) is 0 Å². The number of carboxylic acid groups (broad SMARTS) is 1. The molecule has 112 valence electrons. The number of carbonyl (C=O) groups is 2. The Bertz CT molecular complexity index is 438. The van der Waals surface area contributed by atoms with Crippen molar-refractivity contribution in [1.29, 1.82) is 0 Å². The van der Waals surface area contributed by atoms with E-state index in [0.717, 1.165) is 6.26 Å². The van der Waals surface area contributed by atoms with E-state index in [-0.39, 0.29) is 6.42 Å². The highest BCUT2D eigenvalue weighted by Gasteiger charge is 2.35. The van der Waals surface area contributed by atoms with Gasteiger partial charge in [0.2, 0.25) is 15.9 Å². The number of carboxylic acids is 1. The maximum Gasteiger partial charge on any atom is 0.326 e. The molecule has 0 fully saturated rings. The van der Waals surface area contributed by atoms with Crippen LogP contribution in [-0.2, 0) is 19.6 Å². The van der Waals surface area contributed by atoms with E-state index in [0.29, 0.717) is 0 Å². The average Bonchev–Trinajstić information content (AvgIpc) is 2.18. The molecule has 8 heteroatoms. The van der Waals surface area contributed by atoms with Crippen LogP contribution in [0, 0.1) is 5.41 Å². The number of carbonyl (C=O) groups excluding carboxylic acids is 1. The zero-order valence-electron chi connectivity index (χ0n) is 11.9.